The zero-order valence-corrected chi connectivity index (χ0v) is 13.4. The number of hydrogen-bond donors (Lipinski definition) is 2. The second-order valence-electron chi connectivity index (χ2n) is 5.43. The van der Waals surface area contributed by atoms with Crippen LogP contribution in [-0.4, -0.2) is 34.7 Å². The van der Waals surface area contributed by atoms with E-state index in [1.165, 1.54) is 0 Å². The molecule has 0 radical (unpaired) electrons. The third kappa shape index (κ3) is 5.10. The topological polar surface area (TPSA) is 106 Å². The lowest BCUT2D eigenvalue weighted by Gasteiger charge is -2.23. The first kappa shape index (κ1) is 16.9. The molecule has 0 amide bonds. The maximum Gasteiger partial charge on any atom is 0.247 e. The fraction of sp³-hybridized carbons (Fsp3) is 0.500. The van der Waals surface area contributed by atoms with Crippen molar-refractivity contribution >= 4 is 25.5 Å². The summed E-state index contributed by atoms with van der Waals surface area (Å²) in [6, 6.07) is 6.72. The van der Waals surface area contributed by atoms with Crippen molar-refractivity contribution in [3.8, 4) is 0 Å². The van der Waals surface area contributed by atoms with Gasteiger partial charge in [0.25, 0.3) is 0 Å². The molecule has 0 unspecified atom stereocenters. The Balaban J connectivity index is 2.91. The lowest BCUT2D eigenvalue weighted by molar-refractivity contribution is 0.539. The first-order valence-electron chi connectivity index (χ1n) is 5.94. The standard InChI is InChI=1S/C12H20N2O4S2/c1-12(2,8-13)10-4-6-11(7-5-10)14-20(17,18)9-19(3,15)16/h4-7,14H,8-9,13H2,1-3H3. The van der Waals surface area contributed by atoms with Gasteiger partial charge in [-0.3, -0.25) is 4.72 Å². The lowest BCUT2D eigenvalue weighted by atomic mass is 9.85. The summed E-state index contributed by atoms with van der Waals surface area (Å²) in [7, 11) is -7.51. The highest BCUT2D eigenvalue weighted by molar-refractivity contribution is 8.08. The van der Waals surface area contributed by atoms with Crippen molar-refractivity contribution in [3.63, 3.8) is 0 Å². The molecule has 0 bridgehead atoms. The van der Waals surface area contributed by atoms with Crippen LogP contribution in [0.25, 0.3) is 0 Å². The highest BCUT2D eigenvalue weighted by atomic mass is 32.3. The molecule has 0 aliphatic heterocycles. The van der Waals surface area contributed by atoms with Crippen molar-refractivity contribution in [3.05, 3.63) is 29.8 Å². The predicted molar refractivity (Wildman–Crippen MR) is 80.8 cm³/mol. The largest absolute Gasteiger partial charge is 0.330 e. The van der Waals surface area contributed by atoms with Gasteiger partial charge in [-0.15, -0.1) is 0 Å². The van der Waals surface area contributed by atoms with E-state index in [-0.39, 0.29) is 5.41 Å². The number of hydrogen-bond acceptors (Lipinski definition) is 5. The zero-order chi connectivity index (χ0) is 15.6. The Bertz CT molecular complexity index is 662. The summed E-state index contributed by atoms with van der Waals surface area (Å²) >= 11 is 0. The van der Waals surface area contributed by atoms with E-state index in [2.05, 4.69) is 4.72 Å². The quantitative estimate of drug-likeness (QED) is 0.801. The van der Waals surface area contributed by atoms with Crippen LogP contribution in [0.15, 0.2) is 24.3 Å². The second-order valence-corrected chi connectivity index (χ2v) is 9.65. The number of sulfonamides is 1. The number of anilines is 1. The molecule has 1 aromatic rings. The molecule has 0 atom stereocenters. The van der Waals surface area contributed by atoms with Gasteiger partial charge >= 0.3 is 0 Å². The van der Waals surface area contributed by atoms with Gasteiger partial charge < -0.3 is 5.73 Å². The maximum absolute atomic E-state index is 11.6. The molecule has 0 spiro atoms. The van der Waals surface area contributed by atoms with Gasteiger partial charge in [-0.05, 0) is 17.7 Å². The molecule has 20 heavy (non-hydrogen) atoms. The van der Waals surface area contributed by atoms with Crippen LogP contribution >= 0.6 is 0 Å². The molecule has 8 heteroatoms. The molecule has 0 aliphatic carbocycles. The van der Waals surface area contributed by atoms with Crippen LogP contribution in [0.1, 0.15) is 19.4 Å². The van der Waals surface area contributed by atoms with Crippen molar-refractivity contribution in [2.24, 2.45) is 5.73 Å². The van der Waals surface area contributed by atoms with Gasteiger partial charge in [-0.1, -0.05) is 26.0 Å². The SMILES string of the molecule is CC(C)(CN)c1ccc(NS(=O)(=O)CS(C)(=O)=O)cc1. The summed E-state index contributed by atoms with van der Waals surface area (Å²) in [5, 5.41) is -0.934. The Hall–Kier alpha value is -1.12. The smallest absolute Gasteiger partial charge is 0.247 e. The van der Waals surface area contributed by atoms with E-state index >= 15 is 0 Å². The van der Waals surface area contributed by atoms with Crippen LogP contribution in [-0.2, 0) is 25.3 Å². The van der Waals surface area contributed by atoms with E-state index in [0.29, 0.717) is 12.2 Å². The summed E-state index contributed by atoms with van der Waals surface area (Å²) in [5.41, 5.74) is 6.77. The average Bonchev–Trinajstić information content (AvgIpc) is 2.25. The molecule has 0 fully saturated rings. The van der Waals surface area contributed by atoms with Gasteiger partial charge in [-0.2, -0.15) is 0 Å². The zero-order valence-electron chi connectivity index (χ0n) is 11.8. The molecule has 1 aromatic carbocycles. The van der Waals surface area contributed by atoms with Crippen LogP contribution in [0.4, 0.5) is 5.69 Å². The molecule has 0 saturated heterocycles. The van der Waals surface area contributed by atoms with Crippen LogP contribution in [0.5, 0.6) is 0 Å². The Morgan fingerprint density at radius 1 is 1.10 bits per heavy atom. The number of rotatable bonds is 6. The Morgan fingerprint density at radius 3 is 2.00 bits per heavy atom. The van der Waals surface area contributed by atoms with E-state index in [0.717, 1.165) is 11.8 Å². The van der Waals surface area contributed by atoms with E-state index in [4.69, 9.17) is 5.73 Å². The van der Waals surface area contributed by atoms with E-state index in [9.17, 15) is 16.8 Å². The van der Waals surface area contributed by atoms with Crippen LogP contribution in [0.2, 0.25) is 0 Å². The van der Waals surface area contributed by atoms with E-state index in [1.54, 1.807) is 24.3 Å². The van der Waals surface area contributed by atoms with E-state index < -0.39 is 24.9 Å². The van der Waals surface area contributed by atoms with Crippen molar-refractivity contribution < 1.29 is 16.8 Å². The lowest BCUT2D eigenvalue weighted by Crippen LogP contribution is -2.28. The average molecular weight is 320 g/mol. The van der Waals surface area contributed by atoms with Crippen LogP contribution in [0, 0.1) is 0 Å². The first-order chi connectivity index (χ1) is 8.95. The predicted octanol–water partition coefficient (Wildman–Crippen LogP) is 0.667. The normalized spacial score (nSPS) is 13.2. The molecule has 0 aromatic heterocycles. The second kappa shape index (κ2) is 5.71. The minimum atomic E-state index is -3.91. The van der Waals surface area contributed by atoms with Crippen molar-refractivity contribution in [2.45, 2.75) is 19.3 Å². The van der Waals surface area contributed by atoms with Gasteiger partial charge in [0.05, 0.1) is 0 Å². The minimum Gasteiger partial charge on any atom is -0.330 e. The minimum absolute atomic E-state index is 0.204. The first-order valence-corrected chi connectivity index (χ1v) is 9.65. The number of benzene rings is 1. The van der Waals surface area contributed by atoms with Gasteiger partial charge in [0.15, 0.2) is 14.9 Å². The summed E-state index contributed by atoms with van der Waals surface area (Å²) in [6.07, 6.45) is 0.874. The third-order valence-electron chi connectivity index (χ3n) is 2.82. The molecule has 0 aliphatic rings. The molecule has 114 valence electrons. The van der Waals surface area contributed by atoms with Crippen molar-refractivity contribution in [1.29, 1.82) is 0 Å². The van der Waals surface area contributed by atoms with Crippen LogP contribution < -0.4 is 10.5 Å². The molecule has 1 rings (SSSR count). The highest BCUT2D eigenvalue weighted by Crippen LogP contribution is 2.23. The Kier molecular flexibility index (Phi) is 4.83. The van der Waals surface area contributed by atoms with Crippen molar-refractivity contribution in [2.75, 3.05) is 22.6 Å². The molecule has 0 saturated carbocycles. The summed E-state index contributed by atoms with van der Waals surface area (Å²) in [6.45, 7) is 4.43. The van der Waals surface area contributed by atoms with Crippen LogP contribution in [0.3, 0.4) is 0 Å². The number of nitrogens with two attached hydrogens (primary N) is 1. The molecular weight excluding hydrogens is 300 g/mol. The van der Waals surface area contributed by atoms with Gasteiger partial charge in [-0.25, -0.2) is 16.8 Å². The van der Waals surface area contributed by atoms with Gasteiger partial charge in [0, 0.05) is 23.9 Å². The maximum atomic E-state index is 11.6. The molecule has 3 N–H and O–H groups in total. The Labute approximate surface area is 120 Å². The summed E-state index contributed by atoms with van der Waals surface area (Å²) in [5.74, 6) is 0. The summed E-state index contributed by atoms with van der Waals surface area (Å²) in [4.78, 5) is 0. The summed E-state index contributed by atoms with van der Waals surface area (Å²) < 4.78 is 47.6. The van der Waals surface area contributed by atoms with Crippen molar-refractivity contribution in [1.82, 2.24) is 0 Å². The monoisotopic (exact) mass is 320 g/mol. The molecular formula is C12H20N2O4S2. The molecule has 6 nitrogen and oxygen atoms in total. The third-order valence-corrected chi connectivity index (χ3v) is 6.32. The van der Waals surface area contributed by atoms with E-state index in [1.807, 2.05) is 13.8 Å². The Morgan fingerprint density at radius 2 is 1.60 bits per heavy atom. The van der Waals surface area contributed by atoms with Gasteiger partial charge in [0.2, 0.25) is 10.0 Å². The number of sulfone groups is 1. The highest BCUT2D eigenvalue weighted by Gasteiger charge is 2.20. The van der Waals surface area contributed by atoms with Gasteiger partial charge in [0.1, 0.15) is 0 Å². The molecule has 0 heterocycles. The fourth-order valence-corrected chi connectivity index (χ4v) is 4.58. The number of nitrogens with one attached hydrogen (secondary N) is 1. The fourth-order valence-electron chi connectivity index (χ4n) is 1.60.